The summed E-state index contributed by atoms with van der Waals surface area (Å²) in [6.07, 6.45) is 0.588. The van der Waals surface area contributed by atoms with Gasteiger partial charge in [-0.1, -0.05) is 42.5 Å². The molecule has 0 saturated heterocycles. The fraction of sp³-hybridized carbons (Fsp3) is 0.250. The molecule has 1 atom stereocenters. The van der Waals surface area contributed by atoms with Crippen molar-refractivity contribution in [2.24, 2.45) is 0 Å². The van der Waals surface area contributed by atoms with Gasteiger partial charge in [-0.05, 0) is 31.0 Å². The summed E-state index contributed by atoms with van der Waals surface area (Å²) in [5.74, 6) is 1.51. The molecule has 4 heteroatoms. The molecular formula is C16H20O3Si. The van der Waals surface area contributed by atoms with E-state index in [0.29, 0.717) is 17.1 Å². The molecule has 106 valence electrons. The van der Waals surface area contributed by atoms with Gasteiger partial charge in [-0.2, -0.15) is 0 Å². The van der Waals surface area contributed by atoms with E-state index in [-0.39, 0.29) is 6.29 Å². The van der Waals surface area contributed by atoms with E-state index in [9.17, 15) is 0 Å². The topological polar surface area (TPSA) is 27.7 Å². The van der Waals surface area contributed by atoms with Crippen LogP contribution in [0.2, 0.25) is 0 Å². The van der Waals surface area contributed by atoms with Crippen LogP contribution in [0, 0.1) is 0 Å². The van der Waals surface area contributed by atoms with Crippen molar-refractivity contribution in [1.29, 1.82) is 0 Å². The van der Waals surface area contributed by atoms with Gasteiger partial charge in [0.25, 0.3) is 0 Å². The molecule has 0 aliphatic rings. The van der Waals surface area contributed by atoms with Crippen molar-refractivity contribution in [3.05, 3.63) is 60.2 Å². The average Bonchev–Trinajstić information content (AvgIpc) is 2.49. The fourth-order valence-electron chi connectivity index (χ4n) is 1.92. The van der Waals surface area contributed by atoms with Crippen molar-refractivity contribution in [2.75, 3.05) is 6.61 Å². The summed E-state index contributed by atoms with van der Waals surface area (Å²) in [6.45, 7) is 2.53. The largest absolute Gasteiger partial charge is 0.551 e. The average molecular weight is 288 g/mol. The van der Waals surface area contributed by atoms with Crippen LogP contribution in [-0.4, -0.2) is 23.4 Å². The van der Waals surface area contributed by atoms with Crippen LogP contribution in [-0.2, 0) is 11.2 Å². The van der Waals surface area contributed by atoms with Gasteiger partial charge in [0.1, 0.15) is 5.75 Å². The molecule has 0 bridgehead atoms. The molecule has 0 amide bonds. The molecule has 0 saturated carbocycles. The first-order valence-electron chi connectivity index (χ1n) is 6.75. The number of benzene rings is 2. The molecule has 0 aliphatic heterocycles. The normalized spacial score (nSPS) is 12.1. The van der Waals surface area contributed by atoms with Gasteiger partial charge in [0.05, 0.1) is 6.61 Å². The second-order valence-corrected chi connectivity index (χ2v) is 4.85. The number of ether oxygens (including phenoxy) is 2. The Kier molecular flexibility index (Phi) is 5.64. The molecule has 0 aromatic heterocycles. The van der Waals surface area contributed by atoms with Crippen LogP contribution in [0.5, 0.6) is 11.5 Å². The molecule has 0 fully saturated rings. The summed E-state index contributed by atoms with van der Waals surface area (Å²) in [5.41, 5.74) is 1.27. The minimum atomic E-state index is -0.295. The summed E-state index contributed by atoms with van der Waals surface area (Å²) in [5, 5.41) is 0. The Morgan fingerprint density at radius 1 is 0.950 bits per heavy atom. The summed E-state index contributed by atoms with van der Waals surface area (Å²) >= 11 is 0. The monoisotopic (exact) mass is 288 g/mol. The van der Waals surface area contributed by atoms with Crippen LogP contribution in [0.15, 0.2) is 54.6 Å². The Morgan fingerprint density at radius 3 is 2.30 bits per heavy atom. The Bertz CT molecular complexity index is 516. The SMILES string of the molecule is CC(OCCc1ccccc1)Oc1ccccc1O[SiH3]. The smallest absolute Gasteiger partial charge is 0.204 e. The quantitative estimate of drug-likeness (QED) is 0.578. The first-order valence-corrected chi connectivity index (χ1v) is 7.56. The van der Waals surface area contributed by atoms with Gasteiger partial charge in [0.15, 0.2) is 12.0 Å². The standard InChI is InChI=1S/C16H20O3Si/c1-13(17-12-11-14-7-3-2-4-8-14)18-15-9-5-6-10-16(15)19-20/h2-10,13H,11-12H2,1,20H3. The second-order valence-electron chi connectivity index (χ2n) is 4.44. The third-order valence-corrected chi connectivity index (χ3v) is 3.39. The summed E-state index contributed by atoms with van der Waals surface area (Å²) in [4.78, 5) is 0. The maximum Gasteiger partial charge on any atom is 0.204 e. The van der Waals surface area contributed by atoms with E-state index in [1.165, 1.54) is 5.56 Å². The van der Waals surface area contributed by atoms with Crippen molar-refractivity contribution >= 4 is 10.5 Å². The van der Waals surface area contributed by atoms with Gasteiger partial charge in [0.2, 0.25) is 10.5 Å². The van der Waals surface area contributed by atoms with Crippen LogP contribution < -0.4 is 9.16 Å². The lowest BCUT2D eigenvalue weighted by Gasteiger charge is -2.17. The van der Waals surface area contributed by atoms with E-state index < -0.39 is 0 Å². The van der Waals surface area contributed by atoms with Gasteiger partial charge in [-0.3, -0.25) is 0 Å². The van der Waals surface area contributed by atoms with E-state index in [4.69, 9.17) is 13.9 Å². The van der Waals surface area contributed by atoms with Crippen LogP contribution in [0.1, 0.15) is 12.5 Å². The molecule has 2 rings (SSSR count). The predicted octanol–water partition coefficient (Wildman–Crippen LogP) is 2.33. The van der Waals surface area contributed by atoms with Gasteiger partial charge < -0.3 is 13.9 Å². The lowest BCUT2D eigenvalue weighted by molar-refractivity contribution is -0.0660. The van der Waals surface area contributed by atoms with E-state index in [2.05, 4.69) is 12.1 Å². The Balaban J connectivity index is 1.79. The van der Waals surface area contributed by atoms with Crippen molar-refractivity contribution in [3.8, 4) is 11.5 Å². The highest BCUT2D eigenvalue weighted by Crippen LogP contribution is 2.26. The number of para-hydroxylation sites is 2. The second kappa shape index (κ2) is 7.72. The zero-order valence-corrected chi connectivity index (χ0v) is 13.9. The molecule has 0 spiro atoms. The first-order chi connectivity index (χ1) is 9.79. The molecular weight excluding hydrogens is 268 g/mol. The Morgan fingerprint density at radius 2 is 1.60 bits per heavy atom. The zero-order chi connectivity index (χ0) is 14.2. The maximum atomic E-state index is 5.75. The molecule has 0 heterocycles. The summed E-state index contributed by atoms with van der Waals surface area (Å²) in [7, 11) is 0.641. The van der Waals surface area contributed by atoms with Crippen LogP contribution >= 0.6 is 0 Å². The zero-order valence-electron chi connectivity index (χ0n) is 11.9. The van der Waals surface area contributed by atoms with Crippen LogP contribution in [0.4, 0.5) is 0 Å². The molecule has 3 nitrogen and oxygen atoms in total. The van der Waals surface area contributed by atoms with Crippen molar-refractivity contribution < 1.29 is 13.9 Å². The molecule has 2 aromatic rings. The highest BCUT2D eigenvalue weighted by molar-refractivity contribution is 6.00. The maximum absolute atomic E-state index is 5.75. The van der Waals surface area contributed by atoms with E-state index in [1.807, 2.05) is 49.4 Å². The van der Waals surface area contributed by atoms with Crippen LogP contribution in [0.25, 0.3) is 0 Å². The third-order valence-electron chi connectivity index (χ3n) is 2.95. The van der Waals surface area contributed by atoms with E-state index in [0.717, 1.165) is 17.9 Å². The first kappa shape index (κ1) is 14.6. The Labute approximate surface area is 123 Å². The van der Waals surface area contributed by atoms with Gasteiger partial charge in [-0.15, -0.1) is 0 Å². The van der Waals surface area contributed by atoms with Crippen molar-refractivity contribution in [1.82, 2.24) is 0 Å². The van der Waals surface area contributed by atoms with Crippen molar-refractivity contribution in [3.63, 3.8) is 0 Å². The van der Waals surface area contributed by atoms with Gasteiger partial charge in [0, 0.05) is 0 Å². The summed E-state index contributed by atoms with van der Waals surface area (Å²) < 4.78 is 16.8. The molecule has 20 heavy (non-hydrogen) atoms. The number of hydrogen-bond donors (Lipinski definition) is 0. The van der Waals surface area contributed by atoms with E-state index in [1.54, 1.807) is 0 Å². The molecule has 2 aromatic carbocycles. The predicted molar refractivity (Wildman–Crippen MR) is 83.2 cm³/mol. The highest BCUT2D eigenvalue weighted by Gasteiger charge is 2.08. The molecule has 0 aliphatic carbocycles. The minimum Gasteiger partial charge on any atom is -0.551 e. The van der Waals surface area contributed by atoms with Gasteiger partial charge in [-0.25, -0.2) is 0 Å². The Hall–Kier alpha value is -1.78. The minimum absolute atomic E-state index is 0.295. The lowest BCUT2D eigenvalue weighted by Crippen LogP contribution is -2.18. The third kappa shape index (κ3) is 4.40. The molecule has 0 radical (unpaired) electrons. The van der Waals surface area contributed by atoms with Crippen molar-refractivity contribution in [2.45, 2.75) is 19.6 Å². The molecule has 0 N–H and O–H groups in total. The number of hydrogen-bond acceptors (Lipinski definition) is 3. The lowest BCUT2D eigenvalue weighted by atomic mass is 10.2. The van der Waals surface area contributed by atoms with E-state index >= 15 is 0 Å². The highest BCUT2D eigenvalue weighted by atomic mass is 28.2. The number of rotatable bonds is 7. The fourth-order valence-corrected chi connectivity index (χ4v) is 2.25. The van der Waals surface area contributed by atoms with Crippen LogP contribution in [0.3, 0.4) is 0 Å². The molecule has 1 unspecified atom stereocenters. The van der Waals surface area contributed by atoms with Gasteiger partial charge >= 0.3 is 0 Å². The summed E-state index contributed by atoms with van der Waals surface area (Å²) in [6, 6.07) is 17.9.